The number of rotatable bonds is 2. The lowest BCUT2D eigenvalue weighted by Crippen LogP contribution is -2.24. The van der Waals surface area contributed by atoms with Gasteiger partial charge in [0.05, 0.1) is 16.4 Å². The Morgan fingerprint density at radius 1 is 1.33 bits per heavy atom. The van der Waals surface area contributed by atoms with Gasteiger partial charge < -0.3 is 10.7 Å². The van der Waals surface area contributed by atoms with Crippen LogP contribution in [0.5, 0.6) is 0 Å². The fraction of sp³-hybridized carbons (Fsp3) is 0. The summed E-state index contributed by atoms with van der Waals surface area (Å²) >= 11 is 15.1. The van der Waals surface area contributed by atoms with Gasteiger partial charge in [-0.2, -0.15) is 5.10 Å². The Kier molecular flexibility index (Phi) is 4.41. The molecule has 8 heteroatoms. The van der Waals surface area contributed by atoms with Crippen LogP contribution in [0.15, 0.2) is 30.7 Å². The number of hydrogen-bond acceptors (Lipinski definition) is 2. The second kappa shape index (κ2) is 5.68. The molecule has 0 atom stereocenters. The molecule has 0 fully saturated rings. The first-order valence-corrected chi connectivity index (χ1v) is 7.52. The molecule has 1 aromatic heterocycles. The summed E-state index contributed by atoms with van der Waals surface area (Å²) in [5.41, 5.74) is 9.62. The Balaban J connectivity index is 2.44. The second-order valence-electron chi connectivity index (χ2n) is 3.40. The minimum atomic E-state index is 0.129. The van der Waals surface area contributed by atoms with Crippen LogP contribution in [-0.2, 0) is 0 Å². The number of halogens is 3. The lowest BCUT2D eigenvalue weighted by Gasteiger charge is -1.96. The van der Waals surface area contributed by atoms with E-state index in [0.717, 1.165) is 30.0 Å². The van der Waals surface area contributed by atoms with Crippen molar-refractivity contribution in [3.8, 4) is 0 Å². The van der Waals surface area contributed by atoms with Crippen LogP contribution in [0.25, 0.3) is 10.9 Å². The first-order chi connectivity index (χ1) is 8.49. The molecule has 0 aliphatic heterocycles. The molecule has 0 radical (unpaired) electrons. The molecule has 0 saturated carbocycles. The number of hydrogen-bond donors (Lipinski definition) is 3. The molecule has 0 aliphatic carbocycles. The highest BCUT2D eigenvalue weighted by molar-refractivity contribution is 9.13. The minimum Gasteiger partial charge on any atom is -0.375 e. The summed E-state index contributed by atoms with van der Waals surface area (Å²) in [5, 5.41) is 5.10. The van der Waals surface area contributed by atoms with Crippen molar-refractivity contribution in [2.24, 2.45) is 10.8 Å². The topological polar surface area (TPSA) is 66.2 Å². The van der Waals surface area contributed by atoms with E-state index in [1.165, 1.54) is 0 Å². The first kappa shape index (κ1) is 14.0. The average Bonchev–Trinajstić information content (AvgIpc) is 2.57. The maximum atomic E-state index is 5.28. The van der Waals surface area contributed by atoms with Gasteiger partial charge in [0.25, 0.3) is 0 Å². The van der Waals surface area contributed by atoms with Crippen molar-refractivity contribution in [2.45, 2.75) is 0 Å². The first-order valence-electron chi connectivity index (χ1n) is 4.73. The summed E-state index contributed by atoms with van der Waals surface area (Å²) in [6.07, 6.45) is 1.62. The van der Waals surface area contributed by atoms with E-state index in [4.69, 9.17) is 5.73 Å². The van der Waals surface area contributed by atoms with Crippen molar-refractivity contribution in [3.05, 3.63) is 31.2 Å². The Bertz CT molecular complexity index is 650. The van der Waals surface area contributed by atoms with Crippen molar-refractivity contribution >= 4 is 82.2 Å². The maximum Gasteiger partial charge on any atom is 0.184 e. The van der Waals surface area contributed by atoms with E-state index in [2.05, 4.69) is 75.5 Å². The number of nitrogens with one attached hydrogen (secondary N) is 2. The minimum absolute atomic E-state index is 0.129. The molecule has 2 aromatic rings. The summed E-state index contributed by atoms with van der Waals surface area (Å²) in [6, 6.07) is 4.00. The fourth-order valence-electron chi connectivity index (χ4n) is 1.43. The van der Waals surface area contributed by atoms with E-state index in [-0.39, 0.29) is 5.11 Å². The third kappa shape index (κ3) is 2.93. The van der Waals surface area contributed by atoms with Gasteiger partial charge in [0.2, 0.25) is 0 Å². The van der Waals surface area contributed by atoms with Gasteiger partial charge in [-0.05, 0) is 72.1 Å². The number of nitrogens with two attached hydrogens (primary N) is 1. The van der Waals surface area contributed by atoms with Crippen molar-refractivity contribution in [1.29, 1.82) is 0 Å². The van der Waals surface area contributed by atoms with Crippen LogP contribution < -0.4 is 11.2 Å². The maximum absolute atomic E-state index is 5.28. The Morgan fingerprint density at radius 3 is 2.67 bits per heavy atom. The molecule has 0 saturated heterocycles. The fourth-order valence-corrected chi connectivity index (χ4v) is 2.70. The quantitative estimate of drug-likeness (QED) is 0.369. The van der Waals surface area contributed by atoms with Crippen molar-refractivity contribution in [3.63, 3.8) is 0 Å². The number of aromatic amines is 1. The number of benzene rings is 1. The number of aromatic nitrogens is 1. The SMILES string of the molecule is NC(=S)NN=Cc1[nH]c2cc(Br)c(Br)cc2c1Br. The monoisotopic (exact) mass is 452 g/mol. The smallest absolute Gasteiger partial charge is 0.184 e. The molecular weight excluding hydrogens is 448 g/mol. The summed E-state index contributed by atoms with van der Waals surface area (Å²) in [5.74, 6) is 0. The third-order valence-electron chi connectivity index (χ3n) is 2.17. The van der Waals surface area contributed by atoms with Gasteiger partial charge in [0.1, 0.15) is 0 Å². The molecule has 0 spiro atoms. The van der Waals surface area contributed by atoms with Gasteiger partial charge >= 0.3 is 0 Å². The highest BCUT2D eigenvalue weighted by atomic mass is 79.9. The average molecular weight is 455 g/mol. The number of thiocarbonyl (C=S) groups is 1. The highest BCUT2D eigenvalue weighted by Crippen LogP contribution is 2.33. The van der Waals surface area contributed by atoms with E-state index in [0.29, 0.717) is 0 Å². The summed E-state index contributed by atoms with van der Waals surface area (Å²) in [6.45, 7) is 0. The van der Waals surface area contributed by atoms with Crippen LogP contribution in [0.4, 0.5) is 0 Å². The highest BCUT2D eigenvalue weighted by Gasteiger charge is 2.09. The van der Waals surface area contributed by atoms with Crippen LogP contribution in [-0.4, -0.2) is 16.3 Å². The van der Waals surface area contributed by atoms with Crippen molar-refractivity contribution in [2.75, 3.05) is 0 Å². The Morgan fingerprint density at radius 2 is 2.00 bits per heavy atom. The van der Waals surface area contributed by atoms with Crippen molar-refractivity contribution < 1.29 is 0 Å². The molecule has 0 bridgehead atoms. The second-order valence-corrected chi connectivity index (χ2v) is 6.34. The molecule has 18 heavy (non-hydrogen) atoms. The van der Waals surface area contributed by atoms with Crippen LogP contribution >= 0.6 is 60.0 Å². The van der Waals surface area contributed by atoms with Gasteiger partial charge in [-0.25, -0.2) is 0 Å². The lowest BCUT2D eigenvalue weighted by atomic mass is 10.2. The summed E-state index contributed by atoms with van der Waals surface area (Å²) < 4.78 is 2.90. The van der Waals surface area contributed by atoms with Crippen LogP contribution in [0, 0.1) is 0 Å². The van der Waals surface area contributed by atoms with E-state index in [9.17, 15) is 0 Å². The molecular formula is C10H7Br3N4S. The predicted octanol–water partition coefficient (Wildman–Crippen LogP) is 3.62. The van der Waals surface area contributed by atoms with Gasteiger partial charge in [-0.1, -0.05) is 0 Å². The molecule has 0 unspecified atom stereocenters. The van der Waals surface area contributed by atoms with Crippen LogP contribution in [0.2, 0.25) is 0 Å². The zero-order valence-electron chi connectivity index (χ0n) is 8.80. The molecule has 1 aromatic carbocycles. The number of H-pyrrole nitrogens is 1. The standard InChI is InChI=1S/C10H7Br3N4S/c11-5-1-4-7(2-6(5)12)16-8(9(4)13)3-15-17-10(14)18/h1-3,16H,(H3,14,17,18). The predicted molar refractivity (Wildman–Crippen MR) is 88.9 cm³/mol. The van der Waals surface area contributed by atoms with Gasteiger partial charge in [-0.15, -0.1) is 0 Å². The number of hydrazone groups is 1. The van der Waals surface area contributed by atoms with Gasteiger partial charge in [-0.3, -0.25) is 5.43 Å². The largest absolute Gasteiger partial charge is 0.375 e. The molecule has 1 heterocycles. The number of fused-ring (bicyclic) bond motifs is 1. The summed E-state index contributed by atoms with van der Waals surface area (Å²) in [7, 11) is 0. The van der Waals surface area contributed by atoms with Gasteiger partial charge in [0, 0.05) is 19.8 Å². The molecule has 4 N–H and O–H groups in total. The normalized spacial score (nSPS) is 11.3. The zero-order valence-corrected chi connectivity index (χ0v) is 14.4. The Hall–Kier alpha value is -0.440. The molecule has 0 aliphatic rings. The third-order valence-corrected chi connectivity index (χ3v) is 4.96. The van der Waals surface area contributed by atoms with Gasteiger partial charge in [0.15, 0.2) is 5.11 Å². The molecule has 2 rings (SSSR count). The lowest BCUT2D eigenvalue weighted by molar-refractivity contribution is 1.04. The van der Waals surface area contributed by atoms with E-state index < -0.39 is 0 Å². The van der Waals surface area contributed by atoms with E-state index >= 15 is 0 Å². The van der Waals surface area contributed by atoms with Crippen LogP contribution in [0.1, 0.15) is 5.69 Å². The summed E-state index contributed by atoms with van der Waals surface area (Å²) in [4.78, 5) is 3.23. The molecule has 4 nitrogen and oxygen atoms in total. The zero-order chi connectivity index (χ0) is 13.3. The van der Waals surface area contributed by atoms with E-state index in [1.54, 1.807) is 6.21 Å². The van der Waals surface area contributed by atoms with Crippen molar-refractivity contribution in [1.82, 2.24) is 10.4 Å². The number of nitrogens with zero attached hydrogens (tertiary/aromatic N) is 1. The van der Waals surface area contributed by atoms with E-state index in [1.807, 2.05) is 12.1 Å². The molecule has 0 amide bonds. The molecule has 94 valence electrons. The van der Waals surface area contributed by atoms with Crippen LogP contribution in [0.3, 0.4) is 0 Å². The Labute approximate surface area is 134 Å².